The highest BCUT2D eigenvalue weighted by molar-refractivity contribution is 5.62. The lowest BCUT2D eigenvalue weighted by Crippen LogP contribution is -2.30. The highest BCUT2D eigenvalue weighted by atomic mass is 14.4. The molecule has 0 nitrogen and oxygen atoms in total. The standard InChI is InChI=1S/C12H12/c1-2-8-7(1)9-3-4-11(9)12-6-5-10(8)12/h1-6H2. The van der Waals surface area contributed by atoms with Gasteiger partial charge in [0.25, 0.3) is 0 Å². The first-order chi connectivity index (χ1) is 5.95. The molecular formula is C12H12. The van der Waals surface area contributed by atoms with Crippen molar-refractivity contribution in [1.29, 1.82) is 0 Å². The van der Waals surface area contributed by atoms with Crippen molar-refractivity contribution in [3.8, 4) is 0 Å². The summed E-state index contributed by atoms with van der Waals surface area (Å²) in [5.41, 5.74) is 10.6. The summed E-state index contributed by atoms with van der Waals surface area (Å²) >= 11 is 0. The molecule has 0 saturated carbocycles. The van der Waals surface area contributed by atoms with E-state index in [-0.39, 0.29) is 0 Å². The maximum absolute atomic E-state index is 1.77. The first-order valence-electron chi connectivity index (χ1n) is 5.12. The molecule has 0 fully saturated rings. The predicted octanol–water partition coefficient (Wildman–Crippen LogP) is 1.98. The quantitative estimate of drug-likeness (QED) is 0.539. The number of hydrogen-bond acceptors (Lipinski definition) is 0. The van der Waals surface area contributed by atoms with Crippen LogP contribution in [-0.4, -0.2) is 0 Å². The molecule has 1 aromatic rings. The van der Waals surface area contributed by atoms with Gasteiger partial charge in [-0.3, -0.25) is 0 Å². The van der Waals surface area contributed by atoms with Gasteiger partial charge in [0, 0.05) is 0 Å². The van der Waals surface area contributed by atoms with Crippen molar-refractivity contribution < 1.29 is 0 Å². The van der Waals surface area contributed by atoms with E-state index in [4.69, 9.17) is 0 Å². The second kappa shape index (κ2) is 1.61. The molecule has 3 aliphatic carbocycles. The number of fused-ring (bicyclic) bond motifs is 6. The average molecular weight is 156 g/mol. The lowest BCUT2D eigenvalue weighted by molar-refractivity contribution is 0.665. The normalized spacial score (nSPS) is 21.0. The van der Waals surface area contributed by atoms with E-state index < -0.39 is 0 Å². The zero-order chi connectivity index (χ0) is 7.71. The summed E-state index contributed by atoms with van der Waals surface area (Å²) in [7, 11) is 0. The summed E-state index contributed by atoms with van der Waals surface area (Å²) in [4.78, 5) is 0. The van der Waals surface area contributed by atoms with Crippen LogP contribution in [-0.2, 0) is 38.5 Å². The molecule has 1 aromatic carbocycles. The van der Waals surface area contributed by atoms with Gasteiger partial charge in [0.1, 0.15) is 0 Å². The molecule has 0 radical (unpaired) electrons. The van der Waals surface area contributed by atoms with Crippen molar-refractivity contribution in [1.82, 2.24) is 0 Å². The minimum atomic E-state index is 1.39. The van der Waals surface area contributed by atoms with Crippen LogP contribution in [0.25, 0.3) is 0 Å². The van der Waals surface area contributed by atoms with Crippen LogP contribution in [0.3, 0.4) is 0 Å². The molecule has 0 saturated heterocycles. The van der Waals surface area contributed by atoms with E-state index in [0.29, 0.717) is 0 Å². The van der Waals surface area contributed by atoms with Gasteiger partial charge in [0.15, 0.2) is 0 Å². The fourth-order valence-electron chi connectivity index (χ4n) is 3.12. The summed E-state index contributed by atoms with van der Waals surface area (Å²) in [6, 6.07) is 0. The van der Waals surface area contributed by atoms with E-state index in [9.17, 15) is 0 Å². The van der Waals surface area contributed by atoms with E-state index in [1.807, 2.05) is 0 Å². The van der Waals surface area contributed by atoms with Gasteiger partial charge in [0.05, 0.1) is 0 Å². The fourth-order valence-corrected chi connectivity index (χ4v) is 3.12. The monoisotopic (exact) mass is 156 g/mol. The van der Waals surface area contributed by atoms with Crippen LogP contribution in [0, 0.1) is 0 Å². The van der Waals surface area contributed by atoms with Crippen LogP contribution in [0.15, 0.2) is 0 Å². The summed E-state index contributed by atoms with van der Waals surface area (Å²) in [5.74, 6) is 0. The van der Waals surface area contributed by atoms with Gasteiger partial charge in [-0.05, 0) is 71.9 Å². The van der Waals surface area contributed by atoms with Crippen LogP contribution >= 0.6 is 0 Å². The smallest absolute Gasteiger partial charge is 0.0232 e. The summed E-state index contributed by atoms with van der Waals surface area (Å²) in [6.07, 6.45) is 8.36. The third kappa shape index (κ3) is 0.426. The molecule has 0 bridgehead atoms. The highest BCUT2D eigenvalue weighted by Gasteiger charge is 2.34. The topological polar surface area (TPSA) is 0 Å². The maximum atomic E-state index is 1.77. The Morgan fingerprint density at radius 2 is 0.500 bits per heavy atom. The molecule has 0 amide bonds. The SMILES string of the molecule is C1Cc2c1c1c(c3c2CC3)CC1. The highest BCUT2D eigenvalue weighted by Crippen LogP contribution is 2.45. The molecule has 0 heterocycles. The van der Waals surface area contributed by atoms with Crippen LogP contribution in [0.2, 0.25) is 0 Å². The van der Waals surface area contributed by atoms with E-state index >= 15 is 0 Å². The second-order valence-corrected chi connectivity index (χ2v) is 4.37. The van der Waals surface area contributed by atoms with Gasteiger partial charge in [0.2, 0.25) is 0 Å². The molecule has 0 aliphatic heterocycles. The molecule has 0 heteroatoms. The Bertz CT molecular complexity index is 278. The lowest BCUT2D eigenvalue weighted by atomic mass is 9.65. The second-order valence-electron chi connectivity index (χ2n) is 4.37. The Hall–Kier alpha value is -0.780. The molecule has 0 unspecified atom stereocenters. The van der Waals surface area contributed by atoms with Gasteiger partial charge in [-0.25, -0.2) is 0 Å². The van der Waals surface area contributed by atoms with Gasteiger partial charge < -0.3 is 0 Å². The number of rotatable bonds is 0. The van der Waals surface area contributed by atoms with Crippen LogP contribution in [0.4, 0.5) is 0 Å². The Morgan fingerprint density at radius 1 is 0.333 bits per heavy atom. The number of hydrogen-bond donors (Lipinski definition) is 0. The molecule has 0 aromatic heterocycles. The van der Waals surface area contributed by atoms with Crippen molar-refractivity contribution in [2.24, 2.45) is 0 Å². The summed E-state index contributed by atoms with van der Waals surface area (Å²) in [6.45, 7) is 0. The van der Waals surface area contributed by atoms with Crippen molar-refractivity contribution in [2.75, 3.05) is 0 Å². The van der Waals surface area contributed by atoms with Crippen LogP contribution in [0.1, 0.15) is 33.4 Å². The van der Waals surface area contributed by atoms with Gasteiger partial charge in [-0.15, -0.1) is 0 Å². The van der Waals surface area contributed by atoms with E-state index in [0.717, 1.165) is 0 Å². The zero-order valence-corrected chi connectivity index (χ0v) is 7.24. The Morgan fingerprint density at radius 3 is 0.583 bits per heavy atom. The molecule has 60 valence electrons. The van der Waals surface area contributed by atoms with Crippen molar-refractivity contribution in [3.63, 3.8) is 0 Å². The Labute approximate surface area is 72.6 Å². The first kappa shape index (κ1) is 5.80. The molecule has 12 heavy (non-hydrogen) atoms. The van der Waals surface area contributed by atoms with Gasteiger partial charge in [-0.2, -0.15) is 0 Å². The molecule has 3 aliphatic rings. The van der Waals surface area contributed by atoms with E-state index in [1.165, 1.54) is 38.5 Å². The first-order valence-corrected chi connectivity index (χ1v) is 5.12. The van der Waals surface area contributed by atoms with E-state index in [1.54, 1.807) is 33.4 Å². The third-order valence-electron chi connectivity index (χ3n) is 4.06. The Balaban J connectivity index is 2.17. The zero-order valence-electron chi connectivity index (χ0n) is 7.24. The summed E-state index contributed by atoms with van der Waals surface area (Å²) < 4.78 is 0. The van der Waals surface area contributed by atoms with Crippen LogP contribution < -0.4 is 0 Å². The summed E-state index contributed by atoms with van der Waals surface area (Å²) in [5, 5.41) is 0. The van der Waals surface area contributed by atoms with Crippen LogP contribution in [0.5, 0.6) is 0 Å². The van der Waals surface area contributed by atoms with Crippen molar-refractivity contribution in [3.05, 3.63) is 33.4 Å². The largest absolute Gasteiger partial charge is 0.0407 e. The third-order valence-corrected chi connectivity index (χ3v) is 4.06. The van der Waals surface area contributed by atoms with Gasteiger partial charge in [-0.1, -0.05) is 0 Å². The predicted molar refractivity (Wildman–Crippen MR) is 48.7 cm³/mol. The molecule has 4 rings (SSSR count). The molecular weight excluding hydrogens is 144 g/mol. The number of benzene rings is 1. The fraction of sp³-hybridized carbons (Fsp3) is 0.500. The molecule has 0 spiro atoms. The van der Waals surface area contributed by atoms with Gasteiger partial charge >= 0.3 is 0 Å². The lowest BCUT2D eigenvalue weighted by Gasteiger charge is -2.40. The molecule has 0 atom stereocenters. The molecule has 0 N–H and O–H groups in total. The average Bonchev–Trinajstić information content (AvgIpc) is 1.96. The van der Waals surface area contributed by atoms with Crippen molar-refractivity contribution in [2.45, 2.75) is 38.5 Å². The minimum Gasteiger partial charge on any atom is -0.0407 e. The minimum absolute atomic E-state index is 1.39. The maximum Gasteiger partial charge on any atom is -0.0232 e. The van der Waals surface area contributed by atoms with Crippen molar-refractivity contribution >= 4 is 0 Å². The van der Waals surface area contributed by atoms with E-state index in [2.05, 4.69) is 0 Å². The Kier molecular flexibility index (Phi) is 0.778.